The topological polar surface area (TPSA) is 50.2 Å². The van der Waals surface area contributed by atoms with Crippen molar-refractivity contribution in [2.24, 2.45) is 0 Å². The molecule has 122 valence electrons. The molecule has 2 rings (SSSR count). The van der Waals surface area contributed by atoms with Gasteiger partial charge >= 0.3 is 0 Å². The van der Waals surface area contributed by atoms with Gasteiger partial charge in [-0.2, -0.15) is 6.26 Å². The molecule has 0 aliphatic rings. The molecular formula is C16H19FFeNO2S-. The van der Waals surface area contributed by atoms with Gasteiger partial charge in [-0.15, -0.1) is 0 Å². The predicted molar refractivity (Wildman–Crippen MR) is 86.9 cm³/mol. The van der Waals surface area contributed by atoms with E-state index in [1.807, 2.05) is 13.8 Å². The fourth-order valence-corrected chi connectivity index (χ4v) is 1.53. The van der Waals surface area contributed by atoms with Crippen LogP contribution in [-0.4, -0.2) is 16.3 Å². The van der Waals surface area contributed by atoms with E-state index in [2.05, 4.69) is 17.6 Å². The zero-order valence-corrected chi connectivity index (χ0v) is 14.8. The number of halogens is 1. The van der Waals surface area contributed by atoms with Crippen LogP contribution in [0.4, 0.5) is 4.39 Å². The Balaban J connectivity index is 0. The van der Waals surface area contributed by atoms with Crippen LogP contribution in [-0.2, 0) is 29.7 Å². The third-order valence-electron chi connectivity index (χ3n) is 2.55. The Labute approximate surface area is 146 Å². The molecule has 1 heterocycles. The molecule has 0 amide bonds. The van der Waals surface area contributed by atoms with Crippen LogP contribution >= 0.6 is 0 Å². The summed E-state index contributed by atoms with van der Waals surface area (Å²) in [7, 11) is 0. The number of pyridine rings is 1. The Hall–Kier alpha value is -1.36. The Morgan fingerprint density at radius 3 is 2.23 bits per heavy atom. The number of aromatic hydroxyl groups is 1. The third-order valence-corrected chi connectivity index (χ3v) is 2.55. The van der Waals surface area contributed by atoms with Crippen molar-refractivity contribution in [1.29, 1.82) is 0 Å². The largest absolute Gasteiger partial charge is 0.796 e. The van der Waals surface area contributed by atoms with E-state index in [1.54, 1.807) is 19.2 Å². The molecule has 3 nitrogen and oxygen atoms in total. The molecule has 22 heavy (non-hydrogen) atoms. The summed E-state index contributed by atoms with van der Waals surface area (Å²) in [6, 6.07) is 5.63. The molecule has 0 spiro atoms. The molecule has 0 aliphatic carbocycles. The SMILES string of the molecule is CC.C[S-].Cc1c(F)cncc1-c1ccc(O)c(=O)cc1.[Fe]. The number of hydrogen-bond acceptors (Lipinski definition) is 4. The summed E-state index contributed by atoms with van der Waals surface area (Å²) < 4.78 is 13.3. The molecule has 1 N–H and O–H groups in total. The van der Waals surface area contributed by atoms with E-state index in [0.29, 0.717) is 16.7 Å². The van der Waals surface area contributed by atoms with Gasteiger partial charge in [-0.25, -0.2) is 4.39 Å². The van der Waals surface area contributed by atoms with Crippen molar-refractivity contribution in [3.63, 3.8) is 0 Å². The molecule has 0 bridgehead atoms. The summed E-state index contributed by atoms with van der Waals surface area (Å²) in [5.74, 6) is -0.737. The first-order valence-corrected chi connectivity index (χ1v) is 7.26. The van der Waals surface area contributed by atoms with Crippen molar-refractivity contribution in [2.75, 3.05) is 6.26 Å². The standard InChI is InChI=1S/C13H10FNO2.C2H6.CH4S.Fe/c1-8-10(6-15-7-11(8)14)9-2-4-12(16)13(17)5-3-9;2*1-2;/h2-7H,1H3,(H,16,17);1-2H3;2H,1H3;/p-1. The summed E-state index contributed by atoms with van der Waals surface area (Å²) >= 11 is 4.08. The smallest absolute Gasteiger partial charge is 0.220 e. The fourth-order valence-electron chi connectivity index (χ4n) is 1.53. The first-order chi connectivity index (χ1) is 10.1. The van der Waals surface area contributed by atoms with E-state index in [9.17, 15) is 14.3 Å². The maximum absolute atomic E-state index is 13.3. The molecule has 0 unspecified atom stereocenters. The molecule has 1 aromatic heterocycles. The minimum absolute atomic E-state index is 0. The summed E-state index contributed by atoms with van der Waals surface area (Å²) in [6.45, 7) is 5.64. The first-order valence-electron chi connectivity index (χ1n) is 6.44. The second-order valence-corrected chi connectivity index (χ2v) is 3.67. The van der Waals surface area contributed by atoms with Gasteiger partial charge in [-0.05, 0) is 30.2 Å². The van der Waals surface area contributed by atoms with Crippen LogP contribution in [0.2, 0.25) is 0 Å². The van der Waals surface area contributed by atoms with Crippen molar-refractivity contribution in [2.45, 2.75) is 20.8 Å². The first kappa shape index (κ1) is 22.9. The van der Waals surface area contributed by atoms with E-state index in [-0.39, 0.29) is 22.8 Å². The summed E-state index contributed by atoms with van der Waals surface area (Å²) in [4.78, 5) is 15.0. The zero-order valence-electron chi connectivity index (χ0n) is 12.9. The summed E-state index contributed by atoms with van der Waals surface area (Å²) in [5.41, 5.74) is 1.21. The van der Waals surface area contributed by atoms with Crippen molar-refractivity contribution >= 4 is 12.6 Å². The quantitative estimate of drug-likeness (QED) is 0.622. The van der Waals surface area contributed by atoms with Crippen LogP contribution in [0.25, 0.3) is 11.1 Å². The normalized spacial score (nSPS) is 8.45. The molecular weight excluding hydrogens is 345 g/mol. The second kappa shape index (κ2) is 12.2. The number of hydrogen-bond donors (Lipinski definition) is 1. The van der Waals surface area contributed by atoms with Crippen molar-refractivity contribution in [3.8, 4) is 16.9 Å². The van der Waals surface area contributed by atoms with Crippen LogP contribution < -0.4 is 5.43 Å². The van der Waals surface area contributed by atoms with Crippen LogP contribution in [0.5, 0.6) is 5.75 Å². The maximum atomic E-state index is 13.3. The van der Waals surface area contributed by atoms with E-state index >= 15 is 0 Å². The summed E-state index contributed by atoms with van der Waals surface area (Å²) in [5, 5.41) is 9.27. The molecule has 0 radical (unpaired) electrons. The molecule has 0 atom stereocenters. The van der Waals surface area contributed by atoms with E-state index in [0.717, 1.165) is 6.20 Å². The van der Waals surface area contributed by atoms with E-state index in [4.69, 9.17) is 0 Å². The molecule has 0 aliphatic heterocycles. The average Bonchev–Trinajstić information content (AvgIpc) is 2.69. The van der Waals surface area contributed by atoms with Crippen LogP contribution in [0, 0.1) is 12.7 Å². The fraction of sp³-hybridized carbons (Fsp3) is 0.250. The van der Waals surface area contributed by atoms with Crippen LogP contribution in [0.3, 0.4) is 0 Å². The monoisotopic (exact) mass is 364 g/mol. The third kappa shape index (κ3) is 6.18. The molecule has 2 aromatic rings. The van der Waals surface area contributed by atoms with E-state index < -0.39 is 11.2 Å². The van der Waals surface area contributed by atoms with Crippen LogP contribution in [0.15, 0.2) is 41.5 Å². The Morgan fingerprint density at radius 2 is 1.64 bits per heavy atom. The van der Waals surface area contributed by atoms with Gasteiger partial charge in [0.05, 0.1) is 6.20 Å². The minimum atomic E-state index is -0.474. The number of nitrogens with zero attached hydrogens (tertiary/aromatic N) is 1. The number of rotatable bonds is 1. The van der Waals surface area contributed by atoms with Gasteiger partial charge in [-0.1, -0.05) is 26.0 Å². The van der Waals surface area contributed by atoms with E-state index in [1.165, 1.54) is 24.4 Å². The summed E-state index contributed by atoms with van der Waals surface area (Å²) in [6.07, 6.45) is 4.24. The van der Waals surface area contributed by atoms with Gasteiger partial charge < -0.3 is 17.7 Å². The molecule has 0 fully saturated rings. The van der Waals surface area contributed by atoms with Gasteiger partial charge in [0.2, 0.25) is 5.43 Å². The minimum Gasteiger partial charge on any atom is -0.796 e. The van der Waals surface area contributed by atoms with Gasteiger partial charge in [-0.3, -0.25) is 9.78 Å². The van der Waals surface area contributed by atoms with Crippen molar-refractivity contribution in [3.05, 3.63) is 58.3 Å². The zero-order chi connectivity index (χ0) is 16.4. The molecule has 0 saturated heterocycles. The van der Waals surface area contributed by atoms with Crippen molar-refractivity contribution in [1.82, 2.24) is 4.98 Å². The molecule has 6 heteroatoms. The van der Waals surface area contributed by atoms with Gasteiger partial charge in [0.15, 0.2) is 5.75 Å². The van der Waals surface area contributed by atoms with Crippen LogP contribution in [0.1, 0.15) is 19.4 Å². The second-order valence-electron chi connectivity index (χ2n) is 3.67. The van der Waals surface area contributed by atoms with Gasteiger partial charge in [0.25, 0.3) is 0 Å². The Kier molecular flexibility index (Phi) is 12.7. The molecule has 1 aromatic carbocycles. The number of aromatic nitrogens is 1. The maximum Gasteiger partial charge on any atom is 0.220 e. The Bertz CT molecular complexity index is 639. The average molecular weight is 364 g/mol. The van der Waals surface area contributed by atoms with Gasteiger partial charge in [0.1, 0.15) is 5.82 Å². The predicted octanol–water partition coefficient (Wildman–Crippen LogP) is 3.45. The molecule has 0 saturated carbocycles. The van der Waals surface area contributed by atoms with Crippen molar-refractivity contribution < 1.29 is 26.6 Å². The van der Waals surface area contributed by atoms with Gasteiger partial charge in [0, 0.05) is 28.8 Å². The Morgan fingerprint density at radius 1 is 1.09 bits per heavy atom.